The molecule has 174 valence electrons. The van der Waals surface area contributed by atoms with Gasteiger partial charge in [-0.3, -0.25) is 9.59 Å². The van der Waals surface area contributed by atoms with Crippen LogP contribution in [0.2, 0.25) is 0 Å². The first-order valence-corrected chi connectivity index (χ1v) is 11.5. The van der Waals surface area contributed by atoms with E-state index in [4.69, 9.17) is 0 Å². The number of amides is 4. The van der Waals surface area contributed by atoms with Gasteiger partial charge in [0.05, 0.1) is 18.0 Å². The van der Waals surface area contributed by atoms with E-state index in [1.54, 1.807) is 4.90 Å². The van der Waals surface area contributed by atoms with Crippen molar-refractivity contribution < 1.29 is 18.8 Å². The summed E-state index contributed by atoms with van der Waals surface area (Å²) in [5.74, 6) is -1.45. The third kappa shape index (κ3) is 5.88. The first-order chi connectivity index (χ1) is 16.0. The molecule has 0 aliphatic carbocycles. The zero-order chi connectivity index (χ0) is 23.2. The fourth-order valence-corrected chi connectivity index (χ4v) is 4.39. The molecule has 1 unspecified atom stereocenters. The van der Waals surface area contributed by atoms with E-state index in [9.17, 15) is 18.8 Å². The Hall–Kier alpha value is -3.42. The summed E-state index contributed by atoms with van der Waals surface area (Å²) in [7, 11) is 0. The van der Waals surface area contributed by atoms with Crippen LogP contribution in [0.3, 0.4) is 0 Å². The fraction of sp³-hybridized carbons (Fsp3) is 0.400. The van der Waals surface area contributed by atoms with Gasteiger partial charge < -0.3 is 20.4 Å². The Morgan fingerprint density at radius 2 is 1.64 bits per heavy atom. The van der Waals surface area contributed by atoms with E-state index in [1.807, 2.05) is 35.2 Å². The van der Waals surface area contributed by atoms with Crippen molar-refractivity contribution in [2.75, 3.05) is 36.8 Å². The van der Waals surface area contributed by atoms with E-state index in [0.29, 0.717) is 25.2 Å². The summed E-state index contributed by atoms with van der Waals surface area (Å²) < 4.78 is 14.3. The summed E-state index contributed by atoms with van der Waals surface area (Å²) in [6.07, 6.45) is 3.63. The lowest BCUT2D eigenvalue weighted by Gasteiger charge is -2.34. The summed E-state index contributed by atoms with van der Waals surface area (Å²) >= 11 is 0. The third-order valence-electron chi connectivity index (χ3n) is 6.15. The van der Waals surface area contributed by atoms with Crippen molar-refractivity contribution in [3.63, 3.8) is 0 Å². The van der Waals surface area contributed by atoms with Gasteiger partial charge in [-0.05, 0) is 49.4 Å². The van der Waals surface area contributed by atoms with Crippen LogP contribution in [0, 0.1) is 11.7 Å². The second-order valence-electron chi connectivity index (χ2n) is 8.66. The van der Waals surface area contributed by atoms with Crippen molar-refractivity contribution in [2.45, 2.75) is 32.1 Å². The molecule has 1 atom stereocenters. The van der Waals surface area contributed by atoms with E-state index in [0.717, 1.165) is 37.9 Å². The number of carbonyl (C=O) groups is 3. The highest BCUT2D eigenvalue weighted by Crippen LogP contribution is 2.24. The molecule has 0 spiro atoms. The molecule has 4 rings (SSSR count). The second-order valence-corrected chi connectivity index (χ2v) is 8.66. The number of urea groups is 1. The maximum atomic E-state index is 14.3. The number of piperidine rings is 1. The van der Waals surface area contributed by atoms with Crippen LogP contribution >= 0.6 is 0 Å². The van der Waals surface area contributed by atoms with E-state index < -0.39 is 5.82 Å². The van der Waals surface area contributed by atoms with Crippen molar-refractivity contribution in [1.82, 2.24) is 9.80 Å². The Kier molecular flexibility index (Phi) is 7.22. The van der Waals surface area contributed by atoms with Gasteiger partial charge in [-0.15, -0.1) is 0 Å². The molecule has 0 radical (unpaired) electrons. The summed E-state index contributed by atoms with van der Waals surface area (Å²) in [6, 6.07) is 13.3. The van der Waals surface area contributed by atoms with Crippen molar-refractivity contribution in [1.29, 1.82) is 0 Å². The Morgan fingerprint density at radius 1 is 0.909 bits per heavy atom. The normalized spacial score (nSPS) is 18.2. The molecule has 2 fully saturated rings. The Labute approximate surface area is 192 Å². The predicted molar refractivity (Wildman–Crippen MR) is 124 cm³/mol. The minimum atomic E-state index is -0.575. The molecule has 2 heterocycles. The van der Waals surface area contributed by atoms with Gasteiger partial charge in [0.2, 0.25) is 11.8 Å². The molecule has 33 heavy (non-hydrogen) atoms. The highest BCUT2D eigenvalue weighted by molar-refractivity contribution is 5.96. The number of hydrogen-bond donors (Lipinski definition) is 2. The number of hydrogen-bond acceptors (Lipinski definition) is 3. The van der Waals surface area contributed by atoms with Crippen LogP contribution in [-0.4, -0.2) is 53.8 Å². The molecular formula is C25H29FN4O3. The van der Waals surface area contributed by atoms with Crippen LogP contribution in [0.1, 0.15) is 31.2 Å². The van der Waals surface area contributed by atoms with Crippen molar-refractivity contribution in [3.05, 3.63) is 59.9 Å². The number of nitrogens with one attached hydrogen (secondary N) is 2. The van der Waals surface area contributed by atoms with E-state index in [1.165, 1.54) is 18.2 Å². The molecule has 0 bridgehead atoms. The SMILES string of the molecule is O=C(Cc1ccccc1)Nc1cc(NC(=O)C2CCCN(C(=O)N3CCCC3)C2)ccc1F. The molecule has 2 aliphatic rings. The molecule has 2 aromatic carbocycles. The minimum Gasteiger partial charge on any atom is -0.326 e. The number of anilines is 2. The summed E-state index contributed by atoms with van der Waals surface area (Å²) in [4.78, 5) is 41.5. The van der Waals surface area contributed by atoms with Gasteiger partial charge in [-0.25, -0.2) is 9.18 Å². The van der Waals surface area contributed by atoms with Crippen LogP contribution in [0.5, 0.6) is 0 Å². The molecule has 7 nitrogen and oxygen atoms in total. The monoisotopic (exact) mass is 452 g/mol. The lowest BCUT2D eigenvalue weighted by atomic mass is 9.97. The Bertz CT molecular complexity index is 1010. The fourth-order valence-electron chi connectivity index (χ4n) is 4.39. The van der Waals surface area contributed by atoms with Crippen LogP contribution in [0.15, 0.2) is 48.5 Å². The summed E-state index contributed by atoms with van der Waals surface area (Å²) in [5, 5.41) is 5.40. The lowest BCUT2D eigenvalue weighted by Crippen LogP contribution is -2.48. The van der Waals surface area contributed by atoms with Gasteiger partial charge >= 0.3 is 6.03 Å². The van der Waals surface area contributed by atoms with E-state index >= 15 is 0 Å². The van der Waals surface area contributed by atoms with Gasteiger partial charge in [-0.1, -0.05) is 30.3 Å². The molecule has 0 aromatic heterocycles. The molecule has 2 saturated heterocycles. The first-order valence-electron chi connectivity index (χ1n) is 11.5. The molecule has 2 aromatic rings. The number of rotatable bonds is 5. The largest absolute Gasteiger partial charge is 0.326 e. The molecule has 0 saturated carbocycles. The molecule has 2 N–H and O–H groups in total. The van der Waals surface area contributed by atoms with Crippen molar-refractivity contribution in [2.24, 2.45) is 5.92 Å². The highest BCUT2D eigenvalue weighted by atomic mass is 19.1. The van der Waals surface area contributed by atoms with Gasteiger partial charge in [0.15, 0.2) is 0 Å². The van der Waals surface area contributed by atoms with Crippen LogP contribution in [-0.2, 0) is 16.0 Å². The third-order valence-corrected chi connectivity index (χ3v) is 6.15. The Balaban J connectivity index is 1.35. The maximum absolute atomic E-state index is 14.3. The van der Waals surface area contributed by atoms with Crippen molar-refractivity contribution >= 4 is 29.2 Å². The smallest absolute Gasteiger partial charge is 0.320 e. The molecule has 8 heteroatoms. The minimum absolute atomic E-state index is 0.00944. The lowest BCUT2D eigenvalue weighted by molar-refractivity contribution is -0.121. The number of nitrogens with zero attached hydrogens (tertiary/aromatic N) is 2. The van der Waals surface area contributed by atoms with E-state index in [2.05, 4.69) is 10.6 Å². The van der Waals surface area contributed by atoms with Crippen LogP contribution in [0.25, 0.3) is 0 Å². The number of likely N-dealkylation sites (tertiary alicyclic amines) is 2. The second kappa shape index (κ2) is 10.5. The molecule has 4 amide bonds. The quantitative estimate of drug-likeness (QED) is 0.723. The first kappa shape index (κ1) is 22.8. The maximum Gasteiger partial charge on any atom is 0.320 e. The predicted octanol–water partition coefficient (Wildman–Crippen LogP) is 3.87. The number of halogens is 1. The topological polar surface area (TPSA) is 81.8 Å². The average molecular weight is 453 g/mol. The van der Waals surface area contributed by atoms with Gasteiger partial charge in [0.25, 0.3) is 0 Å². The van der Waals surface area contributed by atoms with Gasteiger partial charge in [0.1, 0.15) is 5.82 Å². The average Bonchev–Trinajstić information content (AvgIpc) is 3.36. The molecule has 2 aliphatic heterocycles. The summed E-state index contributed by atoms with van der Waals surface area (Å²) in [6.45, 7) is 2.59. The van der Waals surface area contributed by atoms with Crippen molar-refractivity contribution in [3.8, 4) is 0 Å². The standard InChI is InChI=1S/C25H29FN4O3/c26-21-11-10-20(16-22(21)28-23(31)15-18-7-2-1-3-8-18)27-24(32)19-9-6-14-30(17-19)25(33)29-12-4-5-13-29/h1-3,7-8,10-11,16,19H,4-6,9,12-15,17H2,(H,27,32)(H,28,31). The van der Waals surface area contributed by atoms with Gasteiger partial charge in [0, 0.05) is 31.9 Å². The zero-order valence-electron chi connectivity index (χ0n) is 18.6. The zero-order valence-corrected chi connectivity index (χ0v) is 18.6. The number of carbonyl (C=O) groups excluding carboxylic acids is 3. The van der Waals surface area contributed by atoms with E-state index in [-0.39, 0.29) is 35.9 Å². The number of benzene rings is 2. The van der Waals surface area contributed by atoms with Crippen LogP contribution < -0.4 is 10.6 Å². The highest BCUT2D eigenvalue weighted by Gasteiger charge is 2.31. The van der Waals surface area contributed by atoms with Crippen LogP contribution in [0.4, 0.5) is 20.6 Å². The van der Waals surface area contributed by atoms with Gasteiger partial charge in [-0.2, -0.15) is 0 Å². The Morgan fingerprint density at radius 3 is 2.39 bits per heavy atom. The molecular weight excluding hydrogens is 423 g/mol. The summed E-state index contributed by atoms with van der Waals surface area (Å²) in [5.41, 5.74) is 1.24.